The van der Waals surface area contributed by atoms with Crippen LogP contribution in [0.3, 0.4) is 0 Å². The number of carbonyl (C=O) groups excluding carboxylic acids is 1. The zero-order valence-electron chi connectivity index (χ0n) is 18.6. The number of carboxylic acid groups (broad SMARTS) is 1. The first-order chi connectivity index (χ1) is 13.1. The fourth-order valence-electron chi connectivity index (χ4n) is 3.82. The van der Waals surface area contributed by atoms with Gasteiger partial charge in [-0.1, -0.05) is 52.4 Å². The smallest absolute Gasteiger partial charge is 0.408 e. The van der Waals surface area contributed by atoms with E-state index in [1.165, 1.54) is 64.2 Å². The third kappa shape index (κ3) is 10.9. The minimum absolute atomic E-state index is 0.185. The molecule has 6 heteroatoms. The van der Waals surface area contributed by atoms with Gasteiger partial charge in [0.2, 0.25) is 0 Å². The van der Waals surface area contributed by atoms with Crippen LogP contribution in [0.2, 0.25) is 0 Å². The predicted octanol–water partition coefficient (Wildman–Crippen LogP) is 4.86. The van der Waals surface area contributed by atoms with Crippen molar-refractivity contribution in [3.05, 3.63) is 0 Å². The van der Waals surface area contributed by atoms with E-state index in [1.807, 2.05) is 0 Å². The van der Waals surface area contributed by atoms with Crippen LogP contribution >= 0.6 is 0 Å². The van der Waals surface area contributed by atoms with Crippen molar-refractivity contribution in [1.29, 1.82) is 0 Å². The second-order valence-electron chi connectivity index (χ2n) is 9.54. The highest BCUT2D eigenvalue weighted by Gasteiger charge is 2.26. The van der Waals surface area contributed by atoms with Crippen LogP contribution in [0.1, 0.15) is 98.8 Å². The summed E-state index contributed by atoms with van der Waals surface area (Å²) in [7, 11) is 0. The summed E-state index contributed by atoms with van der Waals surface area (Å²) in [6, 6.07) is 0.827. The van der Waals surface area contributed by atoms with Gasteiger partial charge in [0.1, 0.15) is 11.6 Å². The Morgan fingerprint density at radius 1 is 0.893 bits per heavy atom. The van der Waals surface area contributed by atoms with Crippen molar-refractivity contribution in [2.45, 2.75) is 123 Å². The number of amides is 1. The highest BCUT2D eigenvalue weighted by Crippen LogP contribution is 2.22. The first kappa shape index (κ1) is 24.7. The van der Waals surface area contributed by atoms with Crippen LogP contribution in [0.25, 0.3) is 0 Å². The average molecular weight is 399 g/mol. The number of alkyl carbamates (subject to hydrolysis) is 1. The van der Waals surface area contributed by atoms with Gasteiger partial charge in [-0.3, -0.25) is 0 Å². The molecule has 0 heterocycles. The molecule has 1 amide bonds. The van der Waals surface area contributed by atoms with Crippen LogP contribution in [0.15, 0.2) is 0 Å². The molecule has 0 saturated heterocycles. The Balaban J connectivity index is 0.000000281. The van der Waals surface area contributed by atoms with Crippen LogP contribution in [0.5, 0.6) is 0 Å². The lowest BCUT2D eigenvalue weighted by atomic mass is 9.91. The fraction of sp³-hybridized carbons (Fsp3) is 0.909. The van der Waals surface area contributed by atoms with Crippen LogP contribution in [-0.2, 0) is 9.53 Å². The van der Waals surface area contributed by atoms with Crippen molar-refractivity contribution in [1.82, 2.24) is 10.6 Å². The highest BCUT2D eigenvalue weighted by molar-refractivity contribution is 5.80. The number of nitrogens with one attached hydrogen (secondary N) is 2. The molecule has 0 aliphatic heterocycles. The molecular formula is C22H42N2O4. The molecule has 0 unspecified atom stereocenters. The predicted molar refractivity (Wildman–Crippen MR) is 113 cm³/mol. The van der Waals surface area contributed by atoms with Crippen molar-refractivity contribution in [2.24, 2.45) is 5.92 Å². The Hall–Kier alpha value is -1.30. The van der Waals surface area contributed by atoms with Crippen LogP contribution in [0.4, 0.5) is 4.79 Å². The van der Waals surface area contributed by atoms with Gasteiger partial charge in [-0.15, -0.1) is 0 Å². The summed E-state index contributed by atoms with van der Waals surface area (Å²) in [5, 5.41) is 15.0. The SMILES string of the molecule is C1CCC(NC2CCCCC2)CC1.CC(C)[C@@H](NC(=O)OC(C)(C)C)C(=O)O. The molecule has 164 valence electrons. The third-order valence-corrected chi connectivity index (χ3v) is 5.29. The topological polar surface area (TPSA) is 87.7 Å². The quantitative estimate of drug-likeness (QED) is 0.615. The summed E-state index contributed by atoms with van der Waals surface area (Å²) in [5.74, 6) is -1.24. The maximum Gasteiger partial charge on any atom is 0.408 e. The zero-order valence-corrected chi connectivity index (χ0v) is 18.6. The molecule has 0 radical (unpaired) electrons. The Morgan fingerprint density at radius 2 is 1.32 bits per heavy atom. The number of rotatable bonds is 5. The molecule has 0 aromatic carbocycles. The van der Waals surface area contributed by atoms with Crippen molar-refractivity contribution in [3.8, 4) is 0 Å². The molecule has 0 aromatic heterocycles. The Morgan fingerprint density at radius 3 is 1.64 bits per heavy atom. The first-order valence-corrected chi connectivity index (χ1v) is 11.1. The van der Waals surface area contributed by atoms with Crippen molar-refractivity contribution in [2.75, 3.05) is 0 Å². The maximum atomic E-state index is 11.3. The van der Waals surface area contributed by atoms with Gasteiger partial charge in [0, 0.05) is 12.1 Å². The molecule has 3 N–H and O–H groups in total. The Labute approximate surface area is 171 Å². The molecule has 0 spiro atoms. The minimum Gasteiger partial charge on any atom is -0.480 e. The van der Waals surface area contributed by atoms with Gasteiger partial charge in [0.15, 0.2) is 0 Å². The van der Waals surface area contributed by atoms with Gasteiger partial charge < -0.3 is 20.5 Å². The molecule has 0 bridgehead atoms. The van der Waals surface area contributed by atoms with Crippen LogP contribution < -0.4 is 10.6 Å². The number of carbonyl (C=O) groups is 2. The molecule has 2 rings (SSSR count). The van der Waals surface area contributed by atoms with E-state index in [2.05, 4.69) is 10.6 Å². The van der Waals surface area contributed by atoms with E-state index in [-0.39, 0.29) is 5.92 Å². The summed E-state index contributed by atoms with van der Waals surface area (Å²) in [6.07, 6.45) is 13.9. The highest BCUT2D eigenvalue weighted by atomic mass is 16.6. The largest absolute Gasteiger partial charge is 0.480 e. The molecule has 2 aliphatic rings. The van der Waals surface area contributed by atoms with E-state index in [9.17, 15) is 9.59 Å². The van der Waals surface area contributed by atoms with E-state index >= 15 is 0 Å². The summed E-state index contributed by atoms with van der Waals surface area (Å²) in [5.41, 5.74) is -0.621. The molecule has 0 aromatic rings. The third-order valence-electron chi connectivity index (χ3n) is 5.29. The zero-order chi connectivity index (χ0) is 21.2. The summed E-state index contributed by atoms with van der Waals surface area (Å²) in [6.45, 7) is 8.60. The Kier molecular flexibility index (Phi) is 10.9. The van der Waals surface area contributed by atoms with Crippen molar-refractivity contribution < 1.29 is 19.4 Å². The molecule has 2 fully saturated rings. The normalized spacial score (nSPS) is 20.1. The van der Waals surface area contributed by atoms with E-state index in [4.69, 9.17) is 9.84 Å². The van der Waals surface area contributed by atoms with E-state index in [1.54, 1.807) is 34.6 Å². The lowest BCUT2D eigenvalue weighted by Gasteiger charge is -2.30. The van der Waals surface area contributed by atoms with E-state index in [0.29, 0.717) is 0 Å². The second-order valence-corrected chi connectivity index (χ2v) is 9.54. The van der Waals surface area contributed by atoms with Crippen LogP contribution in [-0.4, -0.2) is 40.9 Å². The molecule has 2 aliphatic carbocycles. The first-order valence-electron chi connectivity index (χ1n) is 11.1. The van der Waals surface area contributed by atoms with Gasteiger partial charge >= 0.3 is 12.1 Å². The number of aliphatic carboxylic acids is 1. The molecule has 1 atom stereocenters. The Bertz CT molecular complexity index is 446. The monoisotopic (exact) mass is 398 g/mol. The summed E-state index contributed by atoms with van der Waals surface area (Å²) < 4.78 is 4.96. The minimum atomic E-state index is -1.06. The molecular weight excluding hydrogens is 356 g/mol. The van der Waals surface area contributed by atoms with E-state index in [0.717, 1.165) is 12.1 Å². The van der Waals surface area contributed by atoms with Crippen molar-refractivity contribution >= 4 is 12.1 Å². The lowest BCUT2D eigenvalue weighted by Crippen LogP contribution is -2.46. The summed E-state index contributed by atoms with van der Waals surface area (Å²) >= 11 is 0. The molecule has 6 nitrogen and oxygen atoms in total. The van der Waals surface area contributed by atoms with Gasteiger partial charge in [0.05, 0.1) is 0 Å². The average Bonchev–Trinajstić information content (AvgIpc) is 2.60. The number of ether oxygens (including phenoxy) is 1. The number of hydrogen-bond donors (Lipinski definition) is 3. The second kappa shape index (κ2) is 12.3. The molecule has 2 saturated carbocycles. The van der Waals surface area contributed by atoms with Crippen LogP contribution in [0, 0.1) is 5.92 Å². The lowest BCUT2D eigenvalue weighted by molar-refractivity contribution is -0.140. The standard InChI is InChI=1S/C12H23N.C10H19NO4/c1-3-7-11(8-4-1)13-12-9-5-2-6-10-12;1-6(2)7(8(12)13)11-9(14)15-10(3,4)5/h11-13H,1-10H2;6-7H,1-5H3,(H,11,14)(H,12,13)/t;7-/m.1/s1. The van der Waals surface area contributed by atoms with Gasteiger partial charge in [0.25, 0.3) is 0 Å². The fourth-order valence-corrected chi connectivity index (χ4v) is 3.82. The number of hydrogen-bond acceptors (Lipinski definition) is 4. The van der Waals surface area contributed by atoms with Gasteiger partial charge in [-0.2, -0.15) is 0 Å². The van der Waals surface area contributed by atoms with Gasteiger partial charge in [-0.05, 0) is 52.4 Å². The van der Waals surface area contributed by atoms with Gasteiger partial charge in [-0.25, -0.2) is 9.59 Å². The molecule has 28 heavy (non-hydrogen) atoms. The maximum absolute atomic E-state index is 11.3. The van der Waals surface area contributed by atoms with Crippen molar-refractivity contribution in [3.63, 3.8) is 0 Å². The number of carboxylic acids is 1. The summed E-state index contributed by atoms with van der Waals surface area (Å²) in [4.78, 5) is 22.1. The van der Waals surface area contributed by atoms with E-state index < -0.39 is 23.7 Å².